The first-order chi connectivity index (χ1) is 13.9. The van der Waals surface area contributed by atoms with Gasteiger partial charge in [0.1, 0.15) is 11.3 Å². The van der Waals surface area contributed by atoms with E-state index in [-0.39, 0.29) is 0 Å². The lowest BCUT2D eigenvalue weighted by Crippen LogP contribution is -2.03. The molecule has 0 fully saturated rings. The van der Waals surface area contributed by atoms with E-state index in [1.165, 1.54) is 5.56 Å². The van der Waals surface area contributed by atoms with Crippen molar-refractivity contribution in [1.82, 2.24) is 14.5 Å². The van der Waals surface area contributed by atoms with Crippen LogP contribution in [0, 0.1) is 20.8 Å². The van der Waals surface area contributed by atoms with Gasteiger partial charge in [-0.15, -0.1) is 0 Å². The third kappa shape index (κ3) is 3.09. The molecule has 4 rings (SSSR count). The molecule has 0 spiro atoms. The Bertz CT molecular complexity index is 1240. The standard InChI is InChI=1S/C24H23N3O2/c1-5-21-26-22-15(3)14(2)16(4)25-23(22)27(21)18-12-10-17(11-13-18)19-8-6-7-9-20(19)24(28)29/h6-13H,5H2,1-4H3,(H,28,29). The molecule has 0 saturated heterocycles. The van der Waals surface area contributed by atoms with Gasteiger partial charge in [-0.05, 0) is 61.2 Å². The minimum Gasteiger partial charge on any atom is -0.478 e. The topological polar surface area (TPSA) is 68.0 Å². The summed E-state index contributed by atoms with van der Waals surface area (Å²) in [4.78, 5) is 21.2. The lowest BCUT2D eigenvalue weighted by molar-refractivity contribution is 0.0697. The number of imidazole rings is 1. The number of rotatable bonds is 4. The molecule has 0 aliphatic carbocycles. The van der Waals surface area contributed by atoms with E-state index < -0.39 is 5.97 Å². The fourth-order valence-corrected chi connectivity index (χ4v) is 3.72. The predicted octanol–water partition coefficient (Wildman–Crippen LogP) is 5.27. The van der Waals surface area contributed by atoms with Gasteiger partial charge in [0, 0.05) is 17.8 Å². The summed E-state index contributed by atoms with van der Waals surface area (Å²) in [5.41, 5.74) is 7.97. The first-order valence-electron chi connectivity index (χ1n) is 9.70. The molecule has 5 heteroatoms. The van der Waals surface area contributed by atoms with Crippen molar-refractivity contribution in [2.75, 3.05) is 0 Å². The van der Waals surface area contributed by atoms with Gasteiger partial charge in [0.15, 0.2) is 5.65 Å². The minimum absolute atomic E-state index is 0.297. The van der Waals surface area contributed by atoms with Crippen LogP contribution in [0.1, 0.15) is 39.9 Å². The van der Waals surface area contributed by atoms with Gasteiger partial charge < -0.3 is 5.11 Å². The van der Waals surface area contributed by atoms with Gasteiger partial charge in [0.05, 0.1) is 5.56 Å². The van der Waals surface area contributed by atoms with Gasteiger partial charge >= 0.3 is 5.97 Å². The Labute approximate surface area is 169 Å². The molecule has 0 bridgehead atoms. The summed E-state index contributed by atoms with van der Waals surface area (Å²) in [6.07, 6.45) is 0.789. The summed E-state index contributed by atoms with van der Waals surface area (Å²) in [5, 5.41) is 9.47. The normalized spacial score (nSPS) is 11.2. The fraction of sp³-hybridized carbons (Fsp3) is 0.208. The van der Waals surface area contributed by atoms with E-state index in [9.17, 15) is 9.90 Å². The van der Waals surface area contributed by atoms with Crippen molar-refractivity contribution in [3.05, 3.63) is 76.7 Å². The molecule has 5 nitrogen and oxygen atoms in total. The smallest absolute Gasteiger partial charge is 0.336 e. The molecule has 0 aliphatic heterocycles. The number of nitrogens with zero attached hydrogens (tertiary/aromatic N) is 3. The van der Waals surface area contributed by atoms with Crippen molar-refractivity contribution in [3.63, 3.8) is 0 Å². The summed E-state index contributed by atoms with van der Waals surface area (Å²) >= 11 is 0. The number of benzene rings is 2. The summed E-state index contributed by atoms with van der Waals surface area (Å²) in [6, 6.07) is 15.0. The lowest BCUT2D eigenvalue weighted by atomic mass is 9.99. The maximum Gasteiger partial charge on any atom is 0.336 e. The maximum atomic E-state index is 11.5. The van der Waals surface area contributed by atoms with E-state index in [1.807, 2.05) is 43.3 Å². The largest absolute Gasteiger partial charge is 0.478 e. The Morgan fingerprint density at radius 2 is 1.66 bits per heavy atom. The highest BCUT2D eigenvalue weighted by Gasteiger charge is 2.17. The number of pyridine rings is 1. The fourth-order valence-electron chi connectivity index (χ4n) is 3.72. The molecule has 146 valence electrons. The molecule has 0 radical (unpaired) electrons. The quantitative estimate of drug-likeness (QED) is 0.519. The van der Waals surface area contributed by atoms with Gasteiger partial charge in [0.25, 0.3) is 0 Å². The number of hydrogen-bond donors (Lipinski definition) is 1. The van der Waals surface area contributed by atoms with Gasteiger partial charge in [-0.3, -0.25) is 4.57 Å². The maximum absolute atomic E-state index is 11.5. The van der Waals surface area contributed by atoms with Crippen molar-refractivity contribution in [1.29, 1.82) is 0 Å². The summed E-state index contributed by atoms with van der Waals surface area (Å²) in [6.45, 7) is 8.28. The second kappa shape index (κ2) is 7.17. The highest BCUT2D eigenvalue weighted by Crippen LogP contribution is 2.29. The summed E-state index contributed by atoms with van der Waals surface area (Å²) < 4.78 is 2.10. The van der Waals surface area contributed by atoms with Gasteiger partial charge in [-0.25, -0.2) is 14.8 Å². The third-order valence-corrected chi connectivity index (χ3v) is 5.57. The minimum atomic E-state index is -0.927. The number of aromatic carboxylic acids is 1. The molecule has 2 aromatic heterocycles. The Hall–Kier alpha value is -3.47. The molecule has 2 aromatic carbocycles. The van der Waals surface area contributed by atoms with Crippen molar-refractivity contribution in [2.24, 2.45) is 0 Å². The predicted molar refractivity (Wildman–Crippen MR) is 115 cm³/mol. The highest BCUT2D eigenvalue weighted by atomic mass is 16.4. The molecule has 29 heavy (non-hydrogen) atoms. The zero-order chi connectivity index (χ0) is 20.7. The first kappa shape index (κ1) is 18.9. The van der Waals surface area contributed by atoms with Gasteiger partial charge in [-0.2, -0.15) is 0 Å². The van der Waals surface area contributed by atoms with E-state index in [0.29, 0.717) is 11.1 Å². The van der Waals surface area contributed by atoms with Gasteiger partial charge in [0.2, 0.25) is 0 Å². The number of hydrogen-bond acceptors (Lipinski definition) is 3. The zero-order valence-electron chi connectivity index (χ0n) is 17.0. The van der Waals surface area contributed by atoms with Crippen LogP contribution < -0.4 is 0 Å². The van der Waals surface area contributed by atoms with E-state index in [2.05, 4.69) is 25.3 Å². The van der Waals surface area contributed by atoms with Crippen LogP contribution in [0.15, 0.2) is 48.5 Å². The van der Waals surface area contributed by atoms with Crippen molar-refractivity contribution in [3.8, 4) is 16.8 Å². The molecule has 0 atom stereocenters. The third-order valence-electron chi connectivity index (χ3n) is 5.57. The second-order valence-corrected chi connectivity index (χ2v) is 7.23. The molecule has 2 heterocycles. The average Bonchev–Trinajstić information content (AvgIpc) is 3.10. The Balaban J connectivity index is 1.87. The Morgan fingerprint density at radius 1 is 0.966 bits per heavy atom. The SMILES string of the molecule is CCc1nc2c(C)c(C)c(C)nc2n1-c1ccc(-c2ccccc2C(=O)O)cc1. The van der Waals surface area contributed by atoms with Crippen LogP contribution in [0.3, 0.4) is 0 Å². The number of aryl methyl sites for hydroxylation is 3. The highest BCUT2D eigenvalue weighted by molar-refractivity contribution is 5.96. The van der Waals surface area contributed by atoms with E-state index in [4.69, 9.17) is 9.97 Å². The van der Waals surface area contributed by atoms with Crippen molar-refractivity contribution >= 4 is 17.1 Å². The Kier molecular flexibility index (Phi) is 4.66. The van der Waals surface area contributed by atoms with Crippen LogP contribution in [0.25, 0.3) is 28.0 Å². The van der Waals surface area contributed by atoms with Crippen molar-refractivity contribution in [2.45, 2.75) is 34.1 Å². The summed E-state index contributed by atoms with van der Waals surface area (Å²) in [7, 11) is 0. The Morgan fingerprint density at radius 3 is 2.31 bits per heavy atom. The van der Waals surface area contributed by atoms with Gasteiger partial charge in [-0.1, -0.05) is 37.3 Å². The monoisotopic (exact) mass is 385 g/mol. The molecule has 0 aliphatic rings. The average molecular weight is 385 g/mol. The molecular weight excluding hydrogens is 362 g/mol. The van der Waals surface area contributed by atoms with Crippen LogP contribution in [0.2, 0.25) is 0 Å². The number of carbonyl (C=O) groups is 1. The number of carboxylic acid groups (broad SMARTS) is 1. The number of aromatic nitrogens is 3. The van der Waals surface area contributed by atoms with Crippen LogP contribution in [-0.2, 0) is 6.42 Å². The number of fused-ring (bicyclic) bond motifs is 1. The molecule has 0 amide bonds. The molecule has 0 saturated carbocycles. The summed E-state index contributed by atoms with van der Waals surface area (Å²) in [5.74, 6) is 0.0309. The van der Waals surface area contributed by atoms with E-state index >= 15 is 0 Å². The van der Waals surface area contributed by atoms with Crippen LogP contribution >= 0.6 is 0 Å². The zero-order valence-corrected chi connectivity index (χ0v) is 17.0. The first-order valence-corrected chi connectivity index (χ1v) is 9.70. The van der Waals surface area contributed by atoms with Crippen LogP contribution in [0.5, 0.6) is 0 Å². The van der Waals surface area contributed by atoms with Crippen molar-refractivity contribution < 1.29 is 9.90 Å². The second-order valence-electron chi connectivity index (χ2n) is 7.23. The molecule has 1 N–H and O–H groups in total. The van der Waals surface area contributed by atoms with Crippen LogP contribution in [0.4, 0.5) is 0 Å². The van der Waals surface area contributed by atoms with Crippen LogP contribution in [-0.4, -0.2) is 25.6 Å². The van der Waals surface area contributed by atoms with E-state index in [1.54, 1.807) is 12.1 Å². The molecule has 4 aromatic rings. The lowest BCUT2D eigenvalue weighted by Gasteiger charge is -2.11. The number of carboxylic acids is 1. The molecule has 0 unspecified atom stereocenters. The molecular formula is C24H23N3O2. The van der Waals surface area contributed by atoms with E-state index in [0.717, 1.165) is 45.9 Å².